The van der Waals surface area contributed by atoms with Crippen LogP contribution in [0.15, 0.2) is 40.9 Å². The van der Waals surface area contributed by atoms with Crippen LogP contribution in [0.2, 0.25) is 0 Å². The van der Waals surface area contributed by atoms with Crippen LogP contribution in [0.25, 0.3) is 0 Å². The first-order valence-electron chi connectivity index (χ1n) is 5.57. The van der Waals surface area contributed by atoms with Gasteiger partial charge in [-0.15, -0.1) is 0 Å². The Kier molecular flexibility index (Phi) is 3.77. The van der Waals surface area contributed by atoms with Gasteiger partial charge in [0.25, 0.3) is 5.91 Å². The van der Waals surface area contributed by atoms with Crippen LogP contribution in [0, 0.1) is 13.8 Å². The molecule has 0 aliphatic carbocycles. The van der Waals surface area contributed by atoms with Gasteiger partial charge in [0.2, 0.25) is 0 Å². The van der Waals surface area contributed by atoms with Crippen molar-refractivity contribution in [3.63, 3.8) is 0 Å². The number of hydrogen-bond acceptors (Lipinski definition) is 2. The molecule has 2 aromatic rings. The molecule has 0 atom stereocenters. The number of hydrogen-bond donors (Lipinski definition) is 1. The highest BCUT2D eigenvalue weighted by molar-refractivity contribution is 9.10. The Morgan fingerprint density at radius 3 is 2.67 bits per heavy atom. The zero-order valence-corrected chi connectivity index (χ0v) is 11.8. The molecule has 0 aliphatic heterocycles. The van der Waals surface area contributed by atoms with Gasteiger partial charge in [-0.2, -0.15) is 0 Å². The van der Waals surface area contributed by atoms with E-state index in [1.54, 1.807) is 6.07 Å². The topological polar surface area (TPSA) is 42.0 Å². The van der Waals surface area contributed by atoms with E-state index in [1.807, 2.05) is 44.2 Å². The summed E-state index contributed by atoms with van der Waals surface area (Å²) in [6.45, 7) is 3.84. The Morgan fingerprint density at radius 1 is 1.22 bits per heavy atom. The fourth-order valence-corrected chi connectivity index (χ4v) is 2.28. The van der Waals surface area contributed by atoms with Gasteiger partial charge < -0.3 is 5.32 Å². The van der Waals surface area contributed by atoms with Gasteiger partial charge in [0.05, 0.1) is 0 Å². The van der Waals surface area contributed by atoms with Crippen molar-refractivity contribution >= 4 is 27.5 Å². The molecule has 0 fully saturated rings. The molecule has 2 rings (SSSR count). The van der Waals surface area contributed by atoms with Crippen LogP contribution in [0.5, 0.6) is 0 Å². The Bertz CT molecular complexity index is 576. The number of carbonyl (C=O) groups excluding carboxylic acids is 1. The molecule has 4 heteroatoms. The van der Waals surface area contributed by atoms with Crippen molar-refractivity contribution < 1.29 is 4.79 Å². The maximum atomic E-state index is 12.0. The molecule has 18 heavy (non-hydrogen) atoms. The minimum absolute atomic E-state index is 0.198. The minimum Gasteiger partial charge on any atom is -0.321 e. The van der Waals surface area contributed by atoms with Gasteiger partial charge >= 0.3 is 0 Å². The summed E-state index contributed by atoms with van der Waals surface area (Å²) in [5.74, 6) is -0.198. The predicted octanol–water partition coefficient (Wildman–Crippen LogP) is 3.71. The average molecular weight is 305 g/mol. The zero-order valence-electron chi connectivity index (χ0n) is 10.2. The van der Waals surface area contributed by atoms with E-state index in [1.165, 1.54) is 0 Å². The summed E-state index contributed by atoms with van der Waals surface area (Å²) in [5.41, 5.74) is 3.09. The number of halogens is 1. The van der Waals surface area contributed by atoms with E-state index < -0.39 is 0 Å². The summed E-state index contributed by atoms with van der Waals surface area (Å²) in [6, 6.07) is 11.1. The Labute approximate surface area is 114 Å². The van der Waals surface area contributed by atoms with Crippen molar-refractivity contribution in [3.8, 4) is 0 Å². The SMILES string of the molecule is Cc1cc(Br)cc(NC(=O)c2cccc(C)n2)c1. The lowest BCUT2D eigenvalue weighted by Crippen LogP contribution is -2.14. The Hall–Kier alpha value is -1.68. The number of aromatic nitrogens is 1. The monoisotopic (exact) mass is 304 g/mol. The standard InChI is InChI=1S/C14H13BrN2O/c1-9-6-11(15)8-12(7-9)17-14(18)13-5-3-4-10(2)16-13/h3-8H,1-2H3,(H,17,18). The first-order valence-corrected chi connectivity index (χ1v) is 6.36. The van der Waals surface area contributed by atoms with Gasteiger partial charge in [-0.1, -0.05) is 22.0 Å². The summed E-state index contributed by atoms with van der Waals surface area (Å²) >= 11 is 3.40. The Balaban J connectivity index is 2.21. The number of amides is 1. The van der Waals surface area contributed by atoms with Crippen molar-refractivity contribution in [2.75, 3.05) is 5.32 Å². The second kappa shape index (κ2) is 5.31. The second-order valence-corrected chi connectivity index (χ2v) is 5.05. The molecular formula is C14H13BrN2O. The van der Waals surface area contributed by atoms with E-state index in [0.717, 1.165) is 21.4 Å². The molecule has 0 bridgehead atoms. The van der Waals surface area contributed by atoms with Crippen molar-refractivity contribution in [3.05, 3.63) is 57.8 Å². The number of rotatable bonds is 2. The average Bonchev–Trinajstić information content (AvgIpc) is 2.27. The normalized spacial score (nSPS) is 10.2. The largest absolute Gasteiger partial charge is 0.321 e. The molecule has 92 valence electrons. The summed E-state index contributed by atoms with van der Waals surface area (Å²) in [7, 11) is 0. The van der Waals surface area contributed by atoms with Gasteiger partial charge in [0, 0.05) is 15.9 Å². The molecular weight excluding hydrogens is 292 g/mol. The number of pyridine rings is 1. The van der Waals surface area contributed by atoms with Crippen LogP contribution in [-0.2, 0) is 0 Å². The molecule has 0 unspecified atom stereocenters. The van der Waals surface area contributed by atoms with E-state index in [0.29, 0.717) is 5.69 Å². The fourth-order valence-electron chi connectivity index (χ4n) is 1.67. The van der Waals surface area contributed by atoms with Crippen molar-refractivity contribution in [1.29, 1.82) is 0 Å². The zero-order chi connectivity index (χ0) is 13.1. The van der Waals surface area contributed by atoms with Gasteiger partial charge in [-0.25, -0.2) is 4.98 Å². The molecule has 0 aliphatic rings. The van der Waals surface area contributed by atoms with Crippen LogP contribution >= 0.6 is 15.9 Å². The van der Waals surface area contributed by atoms with Crippen LogP contribution in [-0.4, -0.2) is 10.9 Å². The number of nitrogens with zero attached hydrogens (tertiary/aromatic N) is 1. The third-order valence-electron chi connectivity index (χ3n) is 2.42. The van der Waals surface area contributed by atoms with Crippen LogP contribution in [0.1, 0.15) is 21.7 Å². The number of carbonyl (C=O) groups is 1. The van der Waals surface area contributed by atoms with Crippen LogP contribution in [0.4, 0.5) is 5.69 Å². The van der Waals surface area contributed by atoms with E-state index in [2.05, 4.69) is 26.2 Å². The van der Waals surface area contributed by atoms with E-state index >= 15 is 0 Å². The summed E-state index contributed by atoms with van der Waals surface area (Å²) < 4.78 is 0.940. The third kappa shape index (κ3) is 3.17. The molecule has 0 saturated carbocycles. The lowest BCUT2D eigenvalue weighted by Gasteiger charge is -2.07. The first kappa shape index (κ1) is 12.8. The second-order valence-electron chi connectivity index (χ2n) is 4.14. The maximum Gasteiger partial charge on any atom is 0.274 e. The molecule has 1 heterocycles. The molecule has 0 saturated heterocycles. The van der Waals surface area contributed by atoms with Crippen molar-refractivity contribution in [2.45, 2.75) is 13.8 Å². The minimum atomic E-state index is -0.198. The fraction of sp³-hybridized carbons (Fsp3) is 0.143. The highest BCUT2D eigenvalue weighted by atomic mass is 79.9. The lowest BCUT2D eigenvalue weighted by molar-refractivity contribution is 0.102. The molecule has 0 spiro atoms. The molecule has 1 aromatic heterocycles. The quantitative estimate of drug-likeness (QED) is 0.919. The number of nitrogens with one attached hydrogen (secondary N) is 1. The highest BCUT2D eigenvalue weighted by Gasteiger charge is 2.08. The van der Waals surface area contributed by atoms with Gasteiger partial charge in [-0.3, -0.25) is 4.79 Å². The lowest BCUT2D eigenvalue weighted by atomic mass is 10.2. The summed E-state index contributed by atoms with van der Waals surface area (Å²) in [4.78, 5) is 16.2. The first-order chi connectivity index (χ1) is 8.54. The van der Waals surface area contributed by atoms with E-state index in [4.69, 9.17) is 0 Å². The van der Waals surface area contributed by atoms with Crippen LogP contribution < -0.4 is 5.32 Å². The van der Waals surface area contributed by atoms with E-state index in [-0.39, 0.29) is 5.91 Å². The molecule has 1 amide bonds. The van der Waals surface area contributed by atoms with Crippen molar-refractivity contribution in [2.24, 2.45) is 0 Å². The third-order valence-corrected chi connectivity index (χ3v) is 2.88. The smallest absolute Gasteiger partial charge is 0.274 e. The number of benzene rings is 1. The number of anilines is 1. The Morgan fingerprint density at radius 2 is 2.00 bits per heavy atom. The molecule has 3 nitrogen and oxygen atoms in total. The van der Waals surface area contributed by atoms with Crippen molar-refractivity contribution in [1.82, 2.24) is 4.98 Å². The highest BCUT2D eigenvalue weighted by Crippen LogP contribution is 2.19. The van der Waals surface area contributed by atoms with Gasteiger partial charge in [0.1, 0.15) is 5.69 Å². The molecule has 0 radical (unpaired) electrons. The molecule has 1 aromatic carbocycles. The number of aryl methyl sites for hydroxylation is 2. The summed E-state index contributed by atoms with van der Waals surface area (Å²) in [5, 5.41) is 2.84. The van der Waals surface area contributed by atoms with Gasteiger partial charge in [-0.05, 0) is 49.7 Å². The predicted molar refractivity (Wildman–Crippen MR) is 75.8 cm³/mol. The molecule has 1 N–H and O–H groups in total. The summed E-state index contributed by atoms with van der Waals surface area (Å²) in [6.07, 6.45) is 0. The van der Waals surface area contributed by atoms with Crippen LogP contribution in [0.3, 0.4) is 0 Å². The maximum absolute atomic E-state index is 12.0. The van der Waals surface area contributed by atoms with E-state index in [9.17, 15) is 4.79 Å². The van der Waals surface area contributed by atoms with Gasteiger partial charge in [0.15, 0.2) is 0 Å².